The summed E-state index contributed by atoms with van der Waals surface area (Å²) in [6.07, 6.45) is 0.760. The molecule has 1 unspecified atom stereocenters. The highest BCUT2D eigenvalue weighted by Gasteiger charge is 2.06. The van der Waals surface area contributed by atoms with E-state index in [0.717, 1.165) is 29.3 Å². The van der Waals surface area contributed by atoms with Gasteiger partial charge in [-0.1, -0.05) is 0 Å². The summed E-state index contributed by atoms with van der Waals surface area (Å²) in [5.41, 5.74) is 6.78. The van der Waals surface area contributed by atoms with Crippen LogP contribution in [0.2, 0.25) is 0 Å². The maximum atomic E-state index is 5.73. The average Bonchev–Trinajstić information content (AvgIpc) is 2.77. The van der Waals surface area contributed by atoms with Gasteiger partial charge in [0.15, 0.2) is 0 Å². The molecule has 0 aliphatic rings. The Morgan fingerprint density at radius 2 is 1.88 bits per heavy atom. The number of hydrogen-bond donors (Lipinski definition) is 1. The zero-order chi connectivity index (χ0) is 12.3. The Balaban J connectivity index is 2.18. The first kappa shape index (κ1) is 11.7. The number of hydrogen-bond acceptors (Lipinski definition) is 3. The number of nitrogens with two attached hydrogens (primary N) is 1. The summed E-state index contributed by atoms with van der Waals surface area (Å²) in [4.78, 5) is 0. The molecule has 2 rings (SSSR count). The smallest absolute Gasteiger partial charge is 0.134 e. The van der Waals surface area contributed by atoms with Crippen molar-refractivity contribution in [1.82, 2.24) is 0 Å². The normalized spacial score (nSPS) is 12.4. The summed E-state index contributed by atoms with van der Waals surface area (Å²) < 4.78 is 10.8. The van der Waals surface area contributed by atoms with Crippen LogP contribution in [0.4, 0.5) is 0 Å². The SMILES string of the molecule is COc1ccc(-c2ccc(CC(C)N)o2)cc1. The summed E-state index contributed by atoms with van der Waals surface area (Å²) in [6.45, 7) is 1.97. The summed E-state index contributed by atoms with van der Waals surface area (Å²) in [5, 5.41) is 0. The highest BCUT2D eigenvalue weighted by molar-refractivity contribution is 5.58. The molecule has 0 saturated heterocycles. The minimum absolute atomic E-state index is 0.116. The van der Waals surface area contributed by atoms with Gasteiger partial charge >= 0.3 is 0 Å². The summed E-state index contributed by atoms with van der Waals surface area (Å²) in [6, 6.07) is 11.9. The van der Waals surface area contributed by atoms with E-state index >= 15 is 0 Å². The second-order valence-corrected chi connectivity index (χ2v) is 4.18. The van der Waals surface area contributed by atoms with Crippen LogP contribution in [0, 0.1) is 0 Å². The Morgan fingerprint density at radius 1 is 1.18 bits per heavy atom. The number of rotatable bonds is 4. The molecule has 0 fully saturated rings. The molecule has 17 heavy (non-hydrogen) atoms. The van der Waals surface area contributed by atoms with Crippen LogP contribution in [0.25, 0.3) is 11.3 Å². The van der Waals surface area contributed by atoms with Gasteiger partial charge in [0.05, 0.1) is 7.11 Å². The van der Waals surface area contributed by atoms with Crippen LogP contribution >= 0.6 is 0 Å². The van der Waals surface area contributed by atoms with Crippen molar-refractivity contribution in [1.29, 1.82) is 0 Å². The minimum Gasteiger partial charge on any atom is -0.497 e. The zero-order valence-corrected chi connectivity index (χ0v) is 10.1. The van der Waals surface area contributed by atoms with Crippen molar-refractivity contribution >= 4 is 0 Å². The lowest BCUT2D eigenvalue weighted by Crippen LogP contribution is -2.17. The van der Waals surface area contributed by atoms with E-state index in [4.69, 9.17) is 14.9 Å². The molecule has 2 N–H and O–H groups in total. The molecule has 0 saturated carbocycles. The van der Waals surface area contributed by atoms with Crippen molar-refractivity contribution in [2.24, 2.45) is 5.73 Å². The molecule has 3 heteroatoms. The number of methoxy groups -OCH3 is 1. The Hall–Kier alpha value is -1.74. The summed E-state index contributed by atoms with van der Waals surface area (Å²) >= 11 is 0. The van der Waals surface area contributed by atoms with Crippen LogP contribution in [0.1, 0.15) is 12.7 Å². The molecular weight excluding hydrogens is 214 g/mol. The van der Waals surface area contributed by atoms with Crippen molar-refractivity contribution in [2.75, 3.05) is 7.11 Å². The maximum absolute atomic E-state index is 5.73. The average molecular weight is 231 g/mol. The van der Waals surface area contributed by atoms with Crippen LogP contribution in [0.5, 0.6) is 5.75 Å². The minimum atomic E-state index is 0.116. The molecule has 1 atom stereocenters. The monoisotopic (exact) mass is 231 g/mol. The molecule has 90 valence electrons. The topological polar surface area (TPSA) is 48.4 Å². The van der Waals surface area contributed by atoms with Crippen LogP contribution < -0.4 is 10.5 Å². The fraction of sp³-hybridized carbons (Fsp3) is 0.286. The van der Waals surface area contributed by atoms with E-state index in [9.17, 15) is 0 Å². The largest absolute Gasteiger partial charge is 0.497 e. The van der Waals surface area contributed by atoms with Crippen LogP contribution in [0.15, 0.2) is 40.8 Å². The lowest BCUT2D eigenvalue weighted by Gasteiger charge is -2.02. The van der Waals surface area contributed by atoms with E-state index in [1.807, 2.05) is 43.3 Å². The van der Waals surface area contributed by atoms with Gasteiger partial charge in [0.25, 0.3) is 0 Å². The first-order valence-corrected chi connectivity index (χ1v) is 5.68. The van der Waals surface area contributed by atoms with E-state index in [1.54, 1.807) is 7.11 Å². The zero-order valence-electron chi connectivity index (χ0n) is 10.1. The van der Waals surface area contributed by atoms with Gasteiger partial charge in [0.2, 0.25) is 0 Å². The summed E-state index contributed by atoms with van der Waals surface area (Å²) in [5.74, 6) is 2.63. The third-order valence-corrected chi connectivity index (χ3v) is 2.56. The second-order valence-electron chi connectivity index (χ2n) is 4.18. The Kier molecular flexibility index (Phi) is 3.49. The van der Waals surface area contributed by atoms with Gasteiger partial charge in [-0.15, -0.1) is 0 Å². The van der Waals surface area contributed by atoms with Gasteiger partial charge < -0.3 is 14.9 Å². The molecule has 0 spiro atoms. The van der Waals surface area contributed by atoms with Crippen molar-refractivity contribution in [3.63, 3.8) is 0 Å². The number of ether oxygens (including phenoxy) is 1. The van der Waals surface area contributed by atoms with Crippen molar-refractivity contribution in [2.45, 2.75) is 19.4 Å². The Morgan fingerprint density at radius 3 is 2.47 bits per heavy atom. The van der Waals surface area contributed by atoms with Crippen molar-refractivity contribution in [3.05, 3.63) is 42.2 Å². The number of furan rings is 1. The molecule has 0 bridgehead atoms. The third kappa shape index (κ3) is 2.88. The van der Waals surface area contributed by atoms with Gasteiger partial charge in [-0.25, -0.2) is 0 Å². The van der Waals surface area contributed by atoms with Gasteiger partial charge in [-0.05, 0) is 43.3 Å². The van der Waals surface area contributed by atoms with Crippen LogP contribution in [0.3, 0.4) is 0 Å². The molecule has 0 amide bonds. The predicted molar refractivity (Wildman–Crippen MR) is 68.0 cm³/mol. The molecule has 0 aliphatic heterocycles. The van der Waals surface area contributed by atoms with Crippen LogP contribution in [-0.4, -0.2) is 13.2 Å². The lowest BCUT2D eigenvalue weighted by molar-refractivity contribution is 0.415. The highest BCUT2D eigenvalue weighted by Crippen LogP contribution is 2.24. The molecule has 0 aliphatic carbocycles. The maximum Gasteiger partial charge on any atom is 0.134 e. The van der Waals surface area contributed by atoms with Crippen molar-refractivity contribution in [3.8, 4) is 17.1 Å². The van der Waals surface area contributed by atoms with E-state index in [0.29, 0.717) is 0 Å². The van der Waals surface area contributed by atoms with E-state index < -0.39 is 0 Å². The fourth-order valence-electron chi connectivity index (χ4n) is 1.72. The molecule has 0 radical (unpaired) electrons. The quantitative estimate of drug-likeness (QED) is 0.880. The Bertz CT molecular complexity index is 471. The third-order valence-electron chi connectivity index (χ3n) is 2.56. The van der Waals surface area contributed by atoms with E-state index in [1.165, 1.54) is 0 Å². The van der Waals surface area contributed by atoms with Crippen LogP contribution in [-0.2, 0) is 6.42 Å². The predicted octanol–water partition coefficient (Wildman–Crippen LogP) is 2.84. The first-order chi connectivity index (χ1) is 8.19. The molecule has 1 heterocycles. The second kappa shape index (κ2) is 5.06. The van der Waals surface area contributed by atoms with Gasteiger partial charge in [0, 0.05) is 18.0 Å². The van der Waals surface area contributed by atoms with Gasteiger partial charge in [0.1, 0.15) is 17.3 Å². The standard InChI is InChI=1S/C14H17NO2/c1-10(15)9-13-7-8-14(17-13)11-3-5-12(16-2)6-4-11/h3-8,10H,9,15H2,1-2H3. The van der Waals surface area contributed by atoms with Gasteiger partial charge in [-0.3, -0.25) is 0 Å². The van der Waals surface area contributed by atoms with E-state index in [-0.39, 0.29) is 6.04 Å². The molecule has 1 aromatic carbocycles. The molecule has 3 nitrogen and oxygen atoms in total. The molecular formula is C14H17NO2. The van der Waals surface area contributed by atoms with E-state index in [2.05, 4.69) is 0 Å². The van der Waals surface area contributed by atoms with Gasteiger partial charge in [-0.2, -0.15) is 0 Å². The highest BCUT2D eigenvalue weighted by atomic mass is 16.5. The lowest BCUT2D eigenvalue weighted by atomic mass is 10.2. The fourth-order valence-corrected chi connectivity index (χ4v) is 1.72. The number of benzene rings is 1. The van der Waals surface area contributed by atoms with Crippen molar-refractivity contribution < 1.29 is 9.15 Å². The first-order valence-electron chi connectivity index (χ1n) is 5.68. The Labute approximate surface area is 101 Å². The molecule has 2 aromatic rings. The molecule has 1 aromatic heterocycles. The summed E-state index contributed by atoms with van der Waals surface area (Å²) in [7, 11) is 1.66.